The van der Waals surface area contributed by atoms with Crippen LogP contribution in [0.15, 0.2) is 24.3 Å². The lowest BCUT2D eigenvalue weighted by Crippen LogP contribution is -2.31. The topological polar surface area (TPSA) is 84.9 Å². The van der Waals surface area contributed by atoms with Crippen molar-refractivity contribution in [1.82, 2.24) is 5.48 Å². The van der Waals surface area contributed by atoms with Crippen LogP contribution in [0, 0.1) is 17.8 Å². The Kier molecular flexibility index (Phi) is 5.24. The van der Waals surface area contributed by atoms with E-state index in [0.29, 0.717) is 11.3 Å². The van der Waals surface area contributed by atoms with E-state index in [0.717, 1.165) is 6.42 Å². The molecule has 1 amide bonds. The van der Waals surface area contributed by atoms with Gasteiger partial charge in [-0.3, -0.25) is 14.8 Å². The van der Waals surface area contributed by atoms with E-state index in [1.807, 2.05) is 6.92 Å². The van der Waals surface area contributed by atoms with Crippen molar-refractivity contribution in [2.75, 3.05) is 13.7 Å². The van der Waals surface area contributed by atoms with Crippen molar-refractivity contribution < 1.29 is 24.3 Å². The molecule has 1 aliphatic carbocycles. The highest BCUT2D eigenvalue weighted by Gasteiger charge is 2.65. The van der Waals surface area contributed by atoms with Gasteiger partial charge in [-0.2, -0.15) is 0 Å². The largest absolute Gasteiger partial charge is 0.481 e. The second-order valence-corrected chi connectivity index (χ2v) is 5.22. The van der Waals surface area contributed by atoms with E-state index in [4.69, 9.17) is 14.7 Å². The molecular weight excluding hydrogens is 298 g/mol. The van der Waals surface area contributed by atoms with Gasteiger partial charge in [-0.25, -0.2) is 5.48 Å². The normalized spacial score (nSPS) is 21.6. The third-order valence-corrected chi connectivity index (χ3v) is 3.90. The Morgan fingerprint density at radius 1 is 1.43 bits per heavy atom. The lowest BCUT2D eigenvalue weighted by Gasteiger charge is -2.16. The first-order valence-electron chi connectivity index (χ1n) is 7.31. The summed E-state index contributed by atoms with van der Waals surface area (Å²) in [6, 6.07) is 6.95. The average Bonchev–Trinajstić information content (AvgIpc) is 3.34. The molecule has 23 heavy (non-hydrogen) atoms. The van der Waals surface area contributed by atoms with Crippen LogP contribution in [0.25, 0.3) is 0 Å². The smallest absolute Gasteiger partial charge is 0.317 e. The van der Waals surface area contributed by atoms with Crippen LogP contribution in [-0.4, -0.2) is 30.8 Å². The van der Waals surface area contributed by atoms with Gasteiger partial charge in [0.2, 0.25) is 5.91 Å². The fourth-order valence-electron chi connectivity index (χ4n) is 2.66. The SMILES string of the molecule is CCC#CCOc1cccc([C@@]2(C(=O)OC)C[C@H]2C(=O)NO)c1. The molecule has 1 aromatic carbocycles. The summed E-state index contributed by atoms with van der Waals surface area (Å²) in [5.74, 6) is 4.57. The van der Waals surface area contributed by atoms with E-state index in [9.17, 15) is 9.59 Å². The van der Waals surface area contributed by atoms with E-state index >= 15 is 0 Å². The first-order chi connectivity index (χ1) is 11.1. The number of hydrogen-bond acceptors (Lipinski definition) is 5. The molecular formula is C17H19NO5. The lowest BCUT2D eigenvalue weighted by molar-refractivity contribution is -0.146. The molecule has 0 saturated heterocycles. The van der Waals surface area contributed by atoms with Crippen LogP contribution in [0.1, 0.15) is 25.3 Å². The Bertz CT molecular complexity index is 660. The van der Waals surface area contributed by atoms with Gasteiger partial charge in [0, 0.05) is 6.42 Å². The minimum Gasteiger partial charge on any atom is -0.481 e. The van der Waals surface area contributed by atoms with Crippen LogP contribution in [0.3, 0.4) is 0 Å². The molecule has 0 unspecified atom stereocenters. The molecule has 1 saturated carbocycles. The van der Waals surface area contributed by atoms with E-state index in [-0.39, 0.29) is 13.0 Å². The van der Waals surface area contributed by atoms with Crippen molar-refractivity contribution in [1.29, 1.82) is 0 Å². The summed E-state index contributed by atoms with van der Waals surface area (Å²) in [7, 11) is 1.27. The highest BCUT2D eigenvalue weighted by atomic mass is 16.5. The summed E-state index contributed by atoms with van der Waals surface area (Å²) >= 11 is 0. The Morgan fingerprint density at radius 3 is 2.87 bits per heavy atom. The first kappa shape index (κ1) is 16.8. The maximum atomic E-state index is 12.2. The van der Waals surface area contributed by atoms with Crippen molar-refractivity contribution in [3.63, 3.8) is 0 Å². The van der Waals surface area contributed by atoms with E-state index in [2.05, 4.69) is 11.8 Å². The molecule has 1 fully saturated rings. The predicted molar refractivity (Wildman–Crippen MR) is 81.7 cm³/mol. The molecule has 6 heteroatoms. The zero-order chi connectivity index (χ0) is 16.9. The van der Waals surface area contributed by atoms with E-state index in [1.165, 1.54) is 7.11 Å². The highest BCUT2D eigenvalue weighted by molar-refractivity contribution is 5.97. The van der Waals surface area contributed by atoms with Gasteiger partial charge in [-0.1, -0.05) is 25.0 Å². The highest BCUT2D eigenvalue weighted by Crippen LogP contribution is 2.55. The molecule has 2 N–H and O–H groups in total. The number of carbonyl (C=O) groups is 2. The number of hydroxylamine groups is 1. The summed E-state index contributed by atoms with van der Waals surface area (Å²) in [4.78, 5) is 23.9. The predicted octanol–water partition coefficient (Wildman–Crippen LogP) is 1.41. The van der Waals surface area contributed by atoms with Gasteiger partial charge < -0.3 is 9.47 Å². The van der Waals surface area contributed by atoms with Crippen molar-refractivity contribution in [3.05, 3.63) is 29.8 Å². The minimum atomic E-state index is -1.07. The molecule has 6 nitrogen and oxygen atoms in total. The van der Waals surface area contributed by atoms with Crippen LogP contribution < -0.4 is 10.2 Å². The third kappa shape index (κ3) is 3.30. The Balaban J connectivity index is 2.24. The zero-order valence-corrected chi connectivity index (χ0v) is 13.1. The molecule has 0 spiro atoms. The van der Waals surface area contributed by atoms with Crippen LogP contribution in [-0.2, 0) is 19.7 Å². The molecule has 2 rings (SSSR count). The van der Waals surface area contributed by atoms with Crippen molar-refractivity contribution in [2.24, 2.45) is 5.92 Å². The summed E-state index contributed by atoms with van der Waals surface area (Å²) in [6.45, 7) is 2.20. The standard InChI is InChI=1S/C17H19NO5/c1-3-4-5-9-23-13-8-6-7-12(10-13)17(16(20)22-2)11-14(17)15(19)18-21/h6-8,10,14,21H,3,9,11H2,1-2H3,(H,18,19)/t14-,17-/m0/s1. The molecule has 0 bridgehead atoms. The Hall–Kier alpha value is -2.52. The summed E-state index contributed by atoms with van der Waals surface area (Å²) < 4.78 is 10.4. The van der Waals surface area contributed by atoms with Crippen LogP contribution in [0.4, 0.5) is 0 Å². The van der Waals surface area contributed by atoms with Gasteiger partial charge in [-0.15, -0.1) is 5.92 Å². The third-order valence-electron chi connectivity index (χ3n) is 3.90. The van der Waals surface area contributed by atoms with E-state index < -0.39 is 23.2 Å². The van der Waals surface area contributed by atoms with Gasteiger partial charge >= 0.3 is 5.97 Å². The lowest BCUT2D eigenvalue weighted by atomic mass is 9.92. The Labute approximate surface area is 134 Å². The fraction of sp³-hybridized carbons (Fsp3) is 0.412. The zero-order valence-electron chi connectivity index (χ0n) is 13.1. The molecule has 1 aliphatic rings. The monoisotopic (exact) mass is 317 g/mol. The number of benzene rings is 1. The average molecular weight is 317 g/mol. The number of ether oxygens (including phenoxy) is 2. The van der Waals surface area contributed by atoms with E-state index in [1.54, 1.807) is 29.7 Å². The molecule has 122 valence electrons. The number of esters is 1. The Morgan fingerprint density at radius 2 is 2.22 bits per heavy atom. The van der Waals surface area contributed by atoms with Gasteiger partial charge in [0.05, 0.1) is 13.0 Å². The molecule has 0 heterocycles. The molecule has 0 radical (unpaired) electrons. The number of methoxy groups -OCH3 is 1. The maximum absolute atomic E-state index is 12.2. The molecule has 2 atom stereocenters. The van der Waals surface area contributed by atoms with Crippen molar-refractivity contribution in [3.8, 4) is 17.6 Å². The number of rotatable bonds is 5. The number of hydrogen-bond donors (Lipinski definition) is 2. The second-order valence-electron chi connectivity index (χ2n) is 5.22. The van der Waals surface area contributed by atoms with Gasteiger partial charge in [-0.05, 0) is 24.1 Å². The van der Waals surface area contributed by atoms with Crippen molar-refractivity contribution >= 4 is 11.9 Å². The maximum Gasteiger partial charge on any atom is 0.317 e. The quantitative estimate of drug-likeness (QED) is 0.371. The van der Waals surface area contributed by atoms with Crippen molar-refractivity contribution in [2.45, 2.75) is 25.2 Å². The minimum absolute atomic E-state index is 0.253. The van der Waals surface area contributed by atoms with Crippen LogP contribution in [0.5, 0.6) is 5.75 Å². The van der Waals surface area contributed by atoms with Crippen LogP contribution in [0.2, 0.25) is 0 Å². The second kappa shape index (κ2) is 7.16. The van der Waals surface area contributed by atoms with Gasteiger partial charge in [0.15, 0.2) is 0 Å². The summed E-state index contributed by atoms with van der Waals surface area (Å²) in [5, 5.41) is 8.81. The summed E-state index contributed by atoms with van der Waals surface area (Å²) in [6.07, 6.45) is 1.04. The molecule has 0 aromatic heterocycles. The number of nitrogens with one attached hydrogen (secondary N) is 1. The number of amides is 1. The molecule has 1 aromatic rings. The summed E-state index contributed by atoms with van der Waals surface area (Å²) in [5.41, 5.74) is 1.15. The first-order valence-corrected chi connectivity index (χ1v) is 7.31. The van der Waals surface area contributed by atoms with Gasteiger partial charge in [0.25, 0.3) is 0 Å². The van der Waals surface area contributed by atoms with Crippen LogP contribution >= 0.6 is 0 Å². The van der Waals surface area contributed by atoms with Gasteiger partial charge in [0.1, 0.15) is 17.8 Å². The fourth-order valence-corrected chi connectivity index (χ4v) is 2.66. The molecule has 0 aliphatic heterocycles. The number of carbonyl (C=O) groups excluding carboxylic acids is 2.